The molecule has 0 bridgehead atoms. The lowest BCUT2D eigenvalue weighted by atomic mass is 9.98. The Balaban J connectivity index is 0.00000133. The molecule has 3 nitrogen and oxygen atoms in total. The number of nitrogens with two attached hydrogens (primary N) is 1. The van der Waals surface area contributed by atoms with E-state index in [0.717, 1.165) is 32.1 Å². The maximum absolute atomic E-state index is 12.2. The summed E-state index contributed by atoms with van der Waals surface area (Å²) in [6, 6.07) is 10.7. The number of amides is 1. The number of carbonyl (C=O) groups excluding carboxylic acids is 1. The minimum atomic E-state index is -0.593. The van der Waals surface area contributed by atoms with Gasteiger partial charge in [-0.05, 0) is 24.8 Å². The van der Waals surface area contributed by atoms with Gasteiger partial charge in [0.1, 0.15) is 0 Å². The molecule has 2 saturated carbocycles. The average Bonchev–Trinajstić information content (AvgIpc) is 3.01. The van der Waals surface area contributed by atoms with Crippen molar-refractivity contribution in [1.82, 2.24) is 5.32 Å². The SMILES string of the molecule is Cl.NC1(C(=O)NC2CC2c2ccccc2)CCCC1. The number of hydrogen-bond donors (Lipinski definition) is 2. The van der Waals surface area contributed by atoms with Gasteiger partial charge in [0.2, 0.25) is 5.91 Å². The second-order valence-electron chi connectivity index (χ2n) is 5.70. The summed E-state index contributed by atoms with van der Waals surface area (Å²) in [4.78, 5) is 12.2. The Bertz CT molecular complexity index is 443. The second kappa shape index (κ2) is 5.51. The van der Waals surface area contributed by atoms with Crippen molar-refractivity contribution in [1.29, 1.82) is 0 Å². The molecule has 0 spiro atoms. The third kappa shape index (κ3) is 2.93. The number of benzene rings is 1. The molecule has 0 aromatic heterocycles. The standard InChI is InChI=1S/C15H20N2O.ClH/c16-15(8-4-5-9-15)14(18)17-13-10-12(13)11-6-2-1-3-7-11;/h1-3,6-7,12-13H,4-5,8-10,16H2,(H,17,18);1H. The van der Waals surface area contributed by atoms with E-state index in [4.69, 9.17) is 5.73 Å². The Kier molecular flexibility index (Phi) is 4.16. The zero-order valence-electron chi connectivity index (χ0n) is 11.0. The van der Waals surface area contributed by atoms with Crippen molar-refractivity contribution in [2.75, 3.05) is 0 Å². The first kappa shape index (κ1) is 14.4. The maximum Gasteiger partial charge on any atom is 0.240 e. The molecule has 1 aromatic rings. The van der Waals surface area contributed by atoms with Gasteiger partial charge >= 0.3 is 0 Å². The van der Waals surface area contributed by atoms with Crippen LogP contribution in [0, 0.1) is 0 Å². The Labute approximate surface area is 120 Å². The van der Waals surface area contributed by atoms with Crippen LogP contribution in [0.3, 0.4) is 0 Å². The van der Waals surface area contributed by atoms with E-state index in [1.807, 2.05) is 18.2 Å². The van der Waals surface area contributed by atoms with Crippen molar-refractivity contribution < 1.29 is 4.79 Å². The van der Waals surface area contributed by atoms with Crippen molar-refractivity contribution >= 4 is 18.3 Å². The first-order valence-electron chi connectivity index (χ1n) is 6.84. The van der Waals surface area contributed by atoms with Crippen molar-refractivity contribution in [2.24, 2.45) is 5.73 Å². The molecule has 0 aliphatic heterocycles. The van der Waals surface area contributed by atoms with E-state index < -0.39 is 5.54 Å². The number of carbonyl (C=O) groups is 1. The third-order valence-electron chi connectivity index (χ3n) is 4.28. The lowest BCUT2D eigenvalue weighted by molar-refractivity contribution is -0.126. The van der Waals surface area contributed by atoms with E-state index in [1.54, 1.807) is 0 Å². The molecular formula is C15H21ClN2O. The number of halogens is 1. The van der Waals surface area contributed by atoms with Crippen LogP contribution in [0.1, 0.15) is 43.6 Å². The number of hydrogen-bond acceptors (Lipinski definition) is 2. The minimum absolute atomic E-state index is 0. The van der Waals surface area contributed by atoms with Crippen LogP contribution >= 0.6 is 12.4 Å². The molecule has 2 atom stereocenters. The van der Waals surface area contributed by atoms with Crippen molar-refractivity contribution in [3.63, 3.8) is 0 Å². The highest BCUT2D eigenvalue weighted by atomic mass is 35.5. The van der Waals surface area contributed by atoms with E-state index in [9.17, 15) is 4.79 Å². The van der Waals surface area contributed by atoms with E-state index in [0.29, 0.717) is 12.0 Å². The highest BCUT2D eigenvalue weighted by Crippen LogP contribution is 2.41. The Hall–Kier alpha value is -1.06. The topological polar surface area (TPSA) is 55.1 Å². The fourth-order valence-electron chi connectivity index (χ4n) is 2.97. The molecule has 104 valence electrons. The van der Waals surface area contributed by atoms with E-state index in [1.165, 1.54) is 5.56 Å². The maximum atomic E-state index is 12.2. The van der Waals surface area contributed by atoms with Gasteiger partial charge in [-0.2, -0.15) is 0 Å². The van der Waals surface area contributed by atoms with E-state index in [-0.39, 0.29) is 18.3 Å². The second-order valence-corrected chi connectivity index (χ2v) is 5.70. The normalized spacial score (nSPS) is 27.4. The van der Waals surface area contributed by atoms with Gasteiger partial charge in [0.25, 0.3) is 0 Å². The van der Waals surface area contributed by atoms with Crippen LogP contribution < -0.4 is 11.1 Å². The van der Waals surface area contributed by atoms with Crippen LogP contribution in [0.5, 0.6) is 0 Å². The van der Waals surface area contributed by atoms with Crippen molar-refractivity contribution in [2.45, 2.75) is 49.6 Å². The summed E-state index contributed by atoms with van der Waals surface area (Å²) in [5, 5.41) is 3.12. The fourth-order valence-corrected chi connectivity index (χ4v) is 2.97. The van der Waals surface area contributed by atoms with Gasteiger partial charge in [-0.3, -0.25) is 4.79 Å². The van der Waals surface area contributed by atoms with Crippen LogP contribution in [0.4, 0.5) is 0 Å². The third-order valence-corrected chi connectivity index (χ3v) is 4.28. The Morgan fingerprint density at radius 3 is 2.47 bits per heavy atom. The van der Waals surface area contributed by atoms with Crippen LogP contribution in [-0.2, 0) is 4.79 Å². The predicted molar refractivity (Wildman–Crippen MR) is 78.4 cm³/mol. The number of nitrogens with one attached hydrogen (secondary N) is 1. The van der Waals surface area contributed by atoms with E-state index in [2.05, 4.69) is 17.4 Å². The van der Waals surface area contributed by atoms with Gasteiger partial charge in [0.15, 0.2) is 0 Å². The first-order chi connectivity index (χ1) is 8.69. The van der Waals surface area contributed by atoms with Crippen LogP contribution in [0.15, 0.2) is 30.3 Å². The van der Waals surface area contributed by atoms with Gasteiger partial charge in [-0.25, -0.2) is 0 Å². The zero-order chi connectivity index (χ0) is 12.6. The molecule has 3 N–H and O–H groups in total. The van der Waals surface area contributed by atoms with Gasteiger partial charge in [0, 0.05) is 12.0 Å². The van der Waals surface area contributed by atoms with Crippen molar-refractivity contribution in [3.8, 4) is 0 Å². The highest BCUT2D eigenvalue weighted by Gasteiger charge is 2.44. The molecule has 2 fully saturated rings. The number of rotatable bonds is 3. The zero-order valence-corrected chi connectivity index (χ0v) is 11.8. The molecule has 1 amide bonds. The molecule has 0 saturated heterocycles. The largest absolute Gasteiger partial charge is 0.351 e. The molecule has 2 aliphatic carbocycles. The fraction of sp³-hybridized carbons (Fsp3) is 0.533. The van der Waals surface area contributed by atoms with Gasteiger partial charge in [-0.1, -0.05) is 43.2 Å². The molecular weight excluding hydrogens is 260 g/mol. The first-order valence-corrected chi connectivity index (χ1v) is 6.84. The molecule has 2 unspecified atom stereocenters. The molecule has 3 rings (SSSR count). The predicted octanol–water partition coefficient (Wildman–Crippen LogP) is 2.35. The summed E-state index contributed by atoms with van der Waals surface area (Å²) in [5.41, 5.74) is 6.88. The molecule has 2 aliphatic rings. The summed E-state index contributed by atoms with van der Waals surface area (Å²) >= 11 is 0. The van der Waals surface area contributed by atoms with Crippen molar-refractivity contribution in [3.05, 3.63) is 35.9 Å². The quantitative estimate of drug-likeness (QED) is 0.893. The Morgan fingerprint density at radius 1 is 1.21 bits per heavy atom. The van der Waals surface area contributed by atoms with E-state index >= 15 is 0 Å². The van der Waals surface area contributed by atoms with Gasteiger partial charge in [-0.15, -0.1) is 12.4 Å². The monoisotopic (exact) mass is 280 g/mol. The molecule has 19 heavy (non-hydrogen) atoms. The lowest BCUT2D eigenvalue weighted by Gasteiger charge is -2.22. The minimum Gasteiger partial charge on any atom is -0.351 e. The summed E-state index contributed by atoms with van der Waals surface area (Å²) < 4.78 is 0. The van der Waals surface area contributed by atoms with Crippen LogP contribution in [-0.4, -0.2) is 17.5 Å². The average molecular weight is 281 g/mol. The summed E-state index contributed by atoms with van der Waals surface area (Å²) in [5.74, 6) is 0.545. The van der Waals surface area contributed by atoms with Gasteiger partial charge in [0.05, 0.1) is 5.54 Å². The summed E-state index contributed by atoms with van der Waals surface area (Å²) in [7, 11) is 0. The summed E-state index contributed by atoms with van der Waals surface area (Å²) in [6.07, 6.45) is 4.88. The molecule has 4 heteroatoms. The lowest BCUT2D eigenvalue weighted by Crippen LogP contribution is -2.52. The smallest absolute Gasteiger partial charge is 0.240 e. The highest BCUT2D eigenvalue weighted by molar-refractivity contribution is 5.87. The van der Waals surface area contributed by atoms with Gasteiger partial charge < -0.3 is 11.1 Å². The van der Waals surface area contributed by atoms with Crippen LogP contribution in [0.2, 0.25) is 0 Å². The molecule has 1 aromatic carbocycles. The summed E-state index contributed by atoms with van der Waals surface area (Å²) in [6.45, 7) is 0. The van der Waals surface area contributed by atoms with Crippen LogP contribution in [0.25, 0.3) is 0 Å². The Morgan fingerprint density at radius 2 is 1.84 bits per heavy atom. The molecule has 0 radical (unpaired) electrons. The molecule has 0 heterocycles.